The molecule has 5 rings (SSSR count). The van der Waals surface area contributed by atoms with E-state index in [1.807, 2.05) is 4.57 Å². The molecule has 0 atom stereocenters. The number of imidazole rings is 1. The summed E-state index contributed by atoms with van der Waals surface area (Å²) < 4.78 is 21.7. The number of anilines is 1. The van der Waals surface area contributed by atoms with E-state index in [0.29, 0.717) is 28.8 Å². The molecule has 1 amide bonds. The first kappa shape index (κ1) is 21.0. The van der Waals surface area contributed by atoms with Gasteiger partial charge in [-0.25, -0.2) is 14.4 Å². The number of halogens is 1. The molecule has 1 aliphatic carbocycles. The van der Waals surface area contributed by atoms with Crippen molar-refractivity contribution < 1.29 is 13.9 Å². The lowest BCUT2D eigenvalue weighted by atomic mass is 10.2. The Kier molecular flexibility index (Phi) is 5.66. The predicted octanol–water partition coefficient (Wildman–Crippen LogP) is 4.29. The van der Waals surface area contributed by atoms with Gasteiger partial charge < -0.3 is 14.6 Å². The highest BCUT2D eigenvalue weighted by Gasteiger charge is 2.23. The van der Waals surface area contributed by atoms with Gasteiger partial charge in [-0.2, -0.15) is 4.98 Å². The minimum absolute atomic E-state index is 0.0515. The standard InChI is InChI=1S/C23H19FN6O2S/c24-18-4-2-1-3-17(18)21(31)29-23(33)28-15-7-9-16(10-8-15)32-22-19-20(25-12-26-22)30(13-27-19)11-14-5-6-14/h1-4,7-10,12-14H,5-6,11H2,(H2,28,29,31,33). The number of aromatic nitrogens is 4. The maximum atomic E-state index is 13.7. The molecule has 4 aromatic rings. The molecule has 0 unspecified atom stereocenters. The minimum Gasteiger partial charge on any atom is -0.437 e. The molecule has 2 aromatic heterocycles. The summed E-state index contributed by atoms with van der Waals surface area (Å²) in [6.45, 7) is 0.903. The van der Waals surface area contributed by atoms with E-state index in [9.17, 15) is 9.18 Å². The largest absolute Gasteiger partial charge is 0.437 e. The maximum Gasteiger partial charge on any atom is 0.260 e. The lowest BCUT2D eigenvalue weighted by Crippen LogP contribution is -2.34. The topological polar surface area (TPSA) is 94.0 Å². The van der Waals surface area contributed by atoms with E-state index < -0.39 is 11.7 Å². The number of rotatable bonds is 6. The fourth-order valence-corrected chi connectivity index (χ4v) is 3.55. The molecule has 0 bridgehead atoms. The van der Waals surface area contributed by atoms with Crippen molar-refractivity contribution in [1.82, 2.24) is 24.8 Å². The summed E-state index contributed by atoms with van der Waals surface area (Å²) in [6.07, 6.45) is 5.72. The van der Waals surface area contributed by atoms with Gasteiger partial charge in [-0.05, 0) is 67.4 Å². The zero-order valence-corrected chi connectivity index (χ0v) is 18.2. The molecule has 2 aromatic carbocycles. The number of amides is 1. The summed E-state index contributed by atoms with van der Waals surface area (Å²) in [4.78, 5) is 25.2. The zero-order chi connectivity index (χ0) is 22.8. The van der Waals surface area contributed by atoms with Crippen molar-refractivity contribution in [3.8, 4) is 11.6 Å². The van der Waals surface area contributed by atoms with Crippen LogP contribution in [0.3, 0.4) is 0 Å². The number of carbonyl (C=O) groups is 1. The van der Waals surface area contributed by atoms with Gasteiger partial charge in [0.1, 0.15) is 17.9 Å². The van der Waals surface area contributed by atoms with E-state index in [2.05, 4.69) is 25.6 Å². The Morgan fingerprint density at radius 1 is 1.12 bits per heavy atom. The third kappa shape index (κ3) is 4.80. The van der Waals surface area contributed by atoms with Crippen molar-refractivity contribution in [2.45, 2.75) is 19.4 Å². The van der Waals surface area contributed by atoms with Crippen molar-refractivity contribution in [1.29, 1.82) is 0 Å². The van der Waals surface area contributed by atoms with Crippen LogP contribution in [0.25, 0.3) is 11.2 Å². The number of hydrogen-bond donors (Lipinski definition) is 2. The molecule has 2 N–H and O–H groups in total. The maximum absolute atomic E-state index is 13.7. The van der Waals surface area contributed by atoms with Crippen molar-refractivity contribution in [3.63, 3.8) is 0 Å². The average Bonchev–Trinajstić information content (AvgIpc) is 3.53. The van der Waals surface area contributed by atoms with Crippen LogP contribution in [0.15, 0.2) is 61.2 Å². The van der Waals surface area contributed by atoms with E-state index in [1.165, 1.54) is 37.4 Å². The molecule has 2 heterocycles. The number of nitrogens with one attached hydrogen (secondary N) is 2. The quantitative estimate of drug-likeness (QED) is 0.413. The molecular formula is C23H19FN6O2S. The fraction of sp³-hybridized carbons (Fsp3) is 0.174. The lowest BCUT2D eigenvalue weighted by Gasteiger charge is -2.11. The number of fused-ring (bicyclic) bond motifs is 1. The van der Waals surface area contributed by atoms with Gasteiger partial charge in [-0.1, -0.05) is 12.1 Å². The van der Waals surface area contributed by atoms with Crippen molar-refractivity contribution in [2.24, 2.45) is 5.92 Å². The number of hydrogen-bond acceptors (Lipinski definition) is 6. The lowest BCUT2D eigenvalue weighted by molar-refractivity contribution is 0.0974. The molecule has 1 fully saturated rings. The van der Waals surface area contributed by atoms with Gasteiger partial charge in [0.25, 0.3) is 11.8 Å². The van der Waals surface area contributed by atoms with Gasteiger partial charge >= 0.3 is 0 Å². The van der Waals surface area contributed by atoms with Crippen LogP contribution in [0.4, 0.5) is 10.1 Å². The number of carbonyl (C=O) groups excluding carboxylic acids is 1. The predicted molar refractivity (Wildman–Crippen MR) is 125 cm³/mol. The van der Waals surface area contributed by atoms with E-state index in [4.69, 9.17) is 17.0 Å². The Bertz CT molecular complexity index is 1340. The summed E-state index contributed by atoms with van der Waals surface area (Å²) >= 11 is 5.16. The van der Waals surface area contributed by atoms with Gasteiger partial charge in [-0.3, -0.25) is 10.1 Å². The summed E-state index contributed by atoms with van der Waals surface area (Å²) in [5.41, 5.74) is 1.90. The Hall–Kier alpha value is -3.92. The first-order valence-corrected chi connectivity index (χ1v) is 10.8. The molecule has 10 heteroatoms. The number of benzene rings is 2. The first-order chi connectivity index (χ1) is 16.1. The van der Waals surface area contributed by atoms with Crippen molar-refractivity contribution >= 4 is 40.1 Å². The molecule has 1 aliphatic rings. The smallest absolute Gasteiger partial charge is 0.260 e. The van der Waals surface area contributed by atoms with Crippen LogP contribution in [0.1, 0.15) is 23.2 Å². The Balaban J connectivity index is 1.23. The number of thiocarbonyl (C=S) groups is 1. The summed E-state index contributed by atoms with van der Waals surface area (Å²) in [7, 11) is 0. The van der Waals surface area contributed by atoms with Gasteiger partial charge in [-0.15, -0.1) is 0 Å². The van der Waals surface area contributed by atoms with Crippen LogP contribution < -0.4 is 15.4 Å². The second-order valence-electron chi connectivity index (χ2n) is 7.71. The SMILES string of the molecule is O=C(NC(=S)Nc1ccc(Oc2ncnc3c2ncn3CC2CC2)cc1)c1ccccc1F. The summed E-state index contributed by atoms with van der Waals surface area (Å²) in [5, 5.41) is 5.40. The minimum atomic E-state index is -0.626. The highest BCUT2D eigenvalue weighted by atomic mass is 32.1. The number of nitrogens with zero attached hydrogens (tertiary/aromatic N) is 4. The van der Waals surface area contributed by atoms with Crippen LogP contribution in [0.2, 0.25) is 0 Å². The Morgan fingerprint density at radius 3 is 2.67 bits per heavy atom. The molecule has 1 saturated carbocycles. The van der Waals surface area contributed by atoms with E-state index in [0.717, 1.165) is 12.2 Å². The van der Waals surface area contributed by atoms with Crippen molar-refractivity contribution in [3.05, 3.63) is 72.6 Å². The molecule has 8 nitrogen and oxygen atoms in total. The van der Waals surface area contributed by atoms with Crippen LogP contribution in [0.5, 0.6) is 11.6 Å². The molecule has 0 aliphatic heterocycles. The van der Waals surface area contributed by atoms with E-state index in [1.54, 1.807) is 36.7 Å². The van der Waals surface area contributed by atoms with Gasteiger partial charge in [0.05, 0.1) is 11.9 Å². The second-order valence-corrected chi connectivity index (χ2v) is 8.11. The number of ether oxygens (including phenoxy) is 1. The van der Waals surface area contributed by atoms with Gasteiger partial charge in [0.2, 0.25) is 0 Å². The summed E-state index contributed by atoms with van der Waals surface area (Å²) in [6, 6.07) is 12.6. The van der Waals surface area contributed by atoms with E-state index >= 15 is 0 Å². The Morgan fingerprint density at radius 2 is 1.91 bits per heavy atom. The zero-order valence-electron chi connectivity index (χ0n) is 17.4. The van der Waals surface area contributed by atoms with Crippen LogP contribution in [-0.4, -0.2) is 30.5 Å². The highest BCUT2D eigenvalue weighted by Crippen LogP contribution is 2.32. The second kappa shape index (κ2) is 8.91. The first-order valence-electron chi connectivity index (χ1n) is 10.4. The van der Waals surface area contributed by atoms with Gasteiger partial charge in [0.15, 0.2) is 16.3 Å². The molecule has 0 spiro atoms. The molecular weight excluding hydrogens is 443 g/mol. The molecule has 33 heavy (non-hydrogen) atoms. The monoisotopic (exact) mass is 462 g/mol. The van der Waals surface area contributed by atoms with E-state index in [-0.39, 0.29) is 10.7 Å². The van der Waals surface area contributed by atoms with Crippen LogP contribution in [0, 0.1) is 11.7 Å². The van der Waals surface area contributed by atoms with Gasteiger partial charge in [0, 0.05) is 12.2 Å². The fourth-order valence-electron chi connectivity index (χ4n) is 3.34. The molecule has 0 saturated heterocycles. The van der Waals surface area contributed by atoms with Crippen LogP contribution in [-0.2, 0) is 6.54 Å². The third-order valence-corrected chi connectivity index (χ3v) is 5.40. The van der Waals surface area contributed by atoms with Crippen molar-refractivity contribution in [2.75, 3.05) is 5.32 Å². The third-order valence-electron chi connectivity index (χ3n) is 5.19. The highest BCUT2D eigenvalue weighted by molar-refractivity contribution is 7.80. The van der Waals surface area contributed by atoms with Crippen LogP contribution >= 0.6 is 12.2 Å². The average molecular weight is 463 g/mol. The molecule has 0 radical (unpaired) electrons. The normalized spacial score (nSPS) is 13.0. The Labute approximate surface area is 193 Å². The summed E-state index contributed by atoms with van der Waals surface area (Å²) in [5.74, 6) is 0.390. The molecule has 166 valence electrons.